The van der Waals surface area contributed by atoms with E-state index in [9.17, 15) is 13.2 Å². The van der Waals surface area contributed by atoms with Crippen molar-refractivity contribution in [3.63, 3.8) is 0 Å². The number of hydrogen-bond acceptors (Lipinski definition) is 4. The summed E-state index contributed by atoms with van der Waals surface area (Å²) in [6, 6.07) is -0.00262. The summed E-state index contributed by atoms with van der Waals surface area (Å²) in [5.41, 5.74) is 0. The summed E-state index contributed by atoms with van der Waals surface area (Å²) in [5, 5.41) is 13.9. The van der Waals surface area contributed by atoms with E-state index in [0.29, 0.717) is 38.6 Å². The standard InChI is InChI=1S/C15H26F3N7.HI/c1-2-19-14(20-6-3-4-7-25-11-21-22-12-25)23-13-5-8-24(9-13)10-15(16,17)18;/h11-13H,2-10H2,1H3,(H2,19,20,23);1H. The third-order valence-corrected chi connectivity index (χ3v) is 3.92. The van der Waals surface area contributed by atoms with Crippen LogP contribution in [0.25, 0.3) is 0 Å². The summed E-state index contributed by atoms with van der Waals surface area (Å²) in [6.07, 6.45) is 1.79. The largest absolute Gasteiger partial charge is 0.401 e. The van der Waals surface area contributed by atoms with Gasteiger partial charge in [-0.2, -0.15) is 13.2 Å². The van der Waals surface area contributed by atoms with Crippen LogP contribution in [-0.2, 0) is 6.54 Å². The predicted octanol–water partition coefficient (Wildman–Crippen LogP) is 1.87. The van der Waals surface area contributed by atoms with Crippen molar-refractivity contribution >= 4 is 29.9 Å². The van der Waals surface area contributed by atoms with Crippen molar-refractivity contribution in [2.24, 2.45) is 4.99 Å². The summed E-state index contributed by atoms with van der Waals surface area (Å²) in [6.45, 7) is 4.19. The van der Waals surface area contributed by atoms with Crippen molar-refractivity contribution in [1.29, 1.82) is 0 Å². The summed E-state index contributed by atoms with van der Waals surface area (Å²) < 4.78 is 39.3. The number of aryl methyl sites for hydroxylation is 1. The van der Waals surface area contributed by atoms with Crippen LogP contribution in [0.2, 0.25) is 0 Å². The molecule has 1 aromatic rings. The van der Waals surface area contributed by atoms with Crippen LogP contribution >= 0.6 is 24.0 Å². The summed E-state index contributed by atoms with van der Waals surface area (Å²) >= 11 is 0. The Bertz CT molecular complexity index is 522. The maximum Gasteiger partial charge on any atom is 0.401 e. The van der Waals surface area contributed by atoms with Crippen LogP contribution in [0.15, 0.2) is 17.6 Å². The maximum atomic E-state index is 12.5. The van der Waals surface area contributed by atoms with E-state index in [2.05, 4.69) is 25.8 Å². The van der Waals surface area contributed by atoms with Crippen molar-refractivity contribution in [2.75, 3.05) is 32.7 Å². The normalized spacial score (nSPS) is 18.6. The second-order valence-corrected chi connectivity index (χ2v) is 6.15. The number of unbranched alkanes of at least 4 members (excludes halogenated alkanes) is 1. The van der Waals surface area contributed by atoms with Crippen molar-refractivity contribution < 1.29 is 13.2 Å². The van der Waals surface area contributed by atoms with E-state index < -0.39 is 12.7 Å². The van der Waals surface area contributed by atoms with E-state index in [-0.39, 0.29) is 30.0 Å². The lowest BCUT2D eigenvalue weighted by Gasteiger charge is -2.19. The van der Waals surface area contributed by atoms with Gasteiger partial charge in [0, 0.05) is 38.8 Å². The number of likely N-dealkylation sites (tertiary alicyclic amines) is 1. The van der Waals surface area contributed by atoms with Crippen molar-refractivity contribution in [3.05, 3.63) is 12.7 Å². The van der Waals surface area contributed by atoms with Crippen LogP contribution in [0.1, 0.15) is 26.2 Å². The van der Waals surface area contributed by atoms with E-state index in [4.69, 9.17) is 0 Å². The monoisotopic (exact) mass is 489 g/mol. The minimum atomic E-state index is -4.14. The van der Waals surface area contributed by atoms with E-state index in [1.807, 2.05) is 11.5 Å². The molecule has 1 aliphatic rings. The van der Waals surface area contributed by atoms with Crippen LogP contribution in [0, 0.1) is 0 Å². The Morgan fingerprint density at radius 1 is 1.27 bits per heavy atom. The SMILES string of the molecule is CCNC(=NCCCCn1cnnc1)NC1CCN(CC(F)(F)F)C1.I. The van der Waals surface area contributed by atoms with Crippen LogP contribution < -0.4 is 10.6 Å². The van der Waals surface area contributed by atoms with Gasteiger partial charge in [-0.1, -0.05) is 0 Å². The van der Waals surface area contributed by atoms with Gasteiger partial charge in [-0.25, -0.2) is 0 Å². The number of guanidine groups is 1. The van der Waals surface area contributed by atoms with Crippen molar-refractivity contribution in [2.45, 2.75) is 44.9 Å². The highest BCUT2D eigenvalue weighted by molar-refractivity contribution is 14.0. The molecule has 7 nitrogen and oxygen atoms in total. The smallest absolute Gasteiger partial charge is 0.357 e. The highest BCUT2D eigenvalue weighted by atomic mass is 127. The number of rotatable bonds is 8. The first-order valence-electron chi connectivity index (χ1n) is 8.62. The fraction of sp³-hybridized carbons (Fsp3) is 0.800. The lowest BCUT2D eigenvalue weighted by molar-refractivity contribution is -0.143. The van der Waals surface area contributed by atoms with Crippen LogP contribution in [0.3, 0.4) is 0 Å². The average molecular weight is 489 g/mol. The van der Waals surface area contributed by atoms with Gasteiger partial charge in [-0.15, -0.1) is 34.2 Å². The minimum absolute atomic E-state index is 0. The van der Waals surface area contributed by atoms with Gasteiger partial charge in [0.1, 0.15) is 12.7 Å². The summed E-state index contributed by atoms with van der Waals surface area (Å²) in [5.74, 6) is 0.672. The lowest BCUT2D eigenvalue weighted by atomic mass is 10.3. The number of hydrogen-bond donors (Lipinski definition) is 2. The molecule has 150 valence electrons. The molecule has 0 saturated carbocycles. The third kappa shape index (κ3) is 9.01. The molecule has 2 heterocycles. The second kappa shape index (κ2) is 11.6. The Balaban J connectivity index is 0.00000338. The topological polar surface area (TPSA) is 70.4 Å². The molecule has 1 saturated heterocycles. The Labute approximate surface area is 168 Å². The molecule has 1 unspecified atom stereocenters. The highest BCUT2D eigenvalue weighted by Crippen LogP contribution is 2.19. The number of aliphatic imine (C=N–C) groups is 1. The molecule has 11 heteroatoms. The zero-order chi connectivity index (χ0) is 18.1. The first-order valence-corrected chi connectivity index (χ1v) is 8.62. The summed E-state index contributed by atoms with van der Waals surface area (Å²) in [4.78, 5) is 5.94. The highest BCUT2D eigenvalue weighted by Gasteiger charge is 2.34. The fourth-order valence-corrected chi connectivity index (χ4v) is 2.80. The zero-order valence-corrected chi connectivity index (χ0v) is 17.2. The Kier molecular flexibility index (Phi) is 10.2. The number of aromatic nitrogens is 3. The van der Waals surface area contributed by atoms with Crippen molar-refractivity contribution in [3.8, 4) is 0 Å². The molecular weight excluding hydrogens is 462 g/mol. The molecule has 0 radical (unpaired) electrons. The number of nitrogens with zero attached hydrogens (tertiary/aromatic N) is 5. The molecule has 0 aliphatic carbocycles. The first-order chi connectivity index (χ1) is 12.0. The predicted molar refractivity (Wildman–Crippen MR) is 105 cm³/mol. The minimum Gasteiger partial charge on any atom is -0.357 e. The van der Waals surface area contributed by atoms with E-state index in [1.165, 1.54) is 4.90 Å². The lowest BCUT2D eigenvalue weighted by Crippen LogP contribution is -2.45. The molecular formula is C15H27F3IN7. The van der Waals surface area contributed by atoms with Gasteiger partial charge in [0.2, 0.25) is 0 Å². The molecule has 0 bridgehead atoms. The van der Waals surface area contributed by atoms with Gasteiger partial charge in [-0.05, 0) is 26.2 Å². The molecule has 1 aliphatic heterocycles. The van der Waals surface area contributed by atoms with Gasteiger partial charge in [0.25, 0.3) is 0 Å². The molecule has 1 atom stereocenters. The Morgan fingerprint density at radius 3 is 2.65 bits per heavy atom. The molecule has 0 aromatic carbocycles. The average Bonchev–Trinajstić information content (AvgIpc) is 3.17. The molecule has 0 spiro atoms. The van der Waals surface area contributed by atoms with Crippen LogP contribution in [0.4, 0.5) is 13.2 Å². The van der Waals surface area contributed by atoms with Gasteiger partial charge in [-0.3, -0.25) is 9.89 Å². The Morgan fingerprint density at radius 2 is 2.00 bits per heavy atom. The molecule has 1 fully saturated rings. The van der Waals surface area contributed by atoms with E-state index >= 15 is 0 Å². The summed E-state index contributed by atoms with van der Waals surface area (Å²) in [7, 11) is 0. The van der Waals surface area contributed by atoms with E-state index in [0.717, 1.165) is 19.4 Å². The van der Waals surface area contributed by atoms with Gasteiger partial charge in [0.15, 0.2) is 5.96 Å². The second-order valence-electron chi connectivity index (χ2n) is 6.15. The molecule has 0 amide bonds. The molecule has 26 heavy (non-hydrogen) atoms. The zero-order valence-electron chi connectivity index (χ0n) is 14.9. The van der Waals surface area contributed by atoms with Crippen molar-refractivity contribution in [1.82, 2.24) is 30.3 Å². The van der Waals surface area contributed by atoms with Crippen LogP contribution in [-0.4, -0.2) is 70.6 Å². The van der Waals surface area contributed by atoms with Gasteiger partial charge in [0.05, 0.1) is 6.54 Å². The quantitative estimate of drug-likeness (QED) is 0.253. The van der Waals surface area contributed by atoms with Crippen LogP contribution in [0.5, 0.6) is 0 Å². The maximum absolute atomic E-state index is 12.5. The van der Waals surface area contributed by atoms with E-state index in [1.54, 1.807) is 12.7 Å². The number of alkyl halides is 3. The Hall–Kier alpha value is -1.11. The van der Waals surface area contributed by atoms with Gasteiger partial charge < -0.3 is 15.2 Å². The molecule has 2 rings (SSSR count). The number of halogens is 4. The fourth-order valence-electron chi connectivity index (χ4n) is 2.80. The third-order valence-electron chi connectivity index (χ3n) is 3.92. The molecule has 1 aromatic heterocycles. The number of nitrogens with one attached hydrogen (secondary N) is 2. The first kappa shape index (κ1) is 22.9. The van der Waals surface area contributed by atoms with Gasteiger partial charge >= 0.3 is 6.18 Å². The molecule has 2 N–H and O–H groups in total.